The molecule has 0 amide bonds. The molecule has 7 heteroatoms. The number of rotatable bonds is 7. The highest BCUT2D eigenvalue weighted by Gasteiger charge is 2.42. The van der Waals surface area contributed by atoms with E-state index in [-0.39, 0.29) is 9.64 Å². The van der Waals surface area contributed by atoms with Crippen LogP contribution in [0.3, 0.4) is 0 Å². The molecule has 0 saturated heterocycles. The first-order chi connectivity index (χ1) is 9.46. The number of ether oxygens (including phenoxy) is 1. The van der Waals surface area contributed by atoms with Crippen molar-refractivity contribution >= 4 is 21.8 Å². The molecule has 0 unspecified atom stereocenters. The Morgan fingerprint density at radius 1 is 1.45 bits per heavy atom. The lowest BCUT2D eigenvalue weighted by Gasteiger charge is -2.15. The highest BCUT2D eigenvalue weighted by molar-refractivity contribution is 8.00. The third-order valence-electron chi connectivity index (χ3n) is 3.58. The molecule has 1 aliphatic carbocycles. The Morgan fingerprint density at radius 3 is 2.65 bits per heavy atom. The number of hydrogen-bond donors (Lipinski definition) is 2. The third-order valence-corrected chi connectivity index (χ3v) is 6.44. The fourth-order valence-corrected chi connectivity index (χ4v) is 4.05. The van der Waals surface area contributed by atoms with Gasteiger partial charge in [-0.25, -0.2) is 13.1 Å². The van der Waals surface area contributed by atoms with Crippen LogP contribution in [0.4, 0.5) is 0 Å². The molecule has 1 saturated carbocycles. The molecule has 20 heavy (non-hydrogen) atoms. The number of hydrogen-bond acceptors (Lipinski definition) is 5. The molecule has 0 aliphatic heterocycles. The zero-order valence-corrected chi connectivity index (χ0v) is 13.3. The Morgan fingerprint density at radius 2 is 2.15 bits per heavy atom. The van der Waals surface area contributed by atoms with Gasteiger partial charge in [-0.3, -0.25) is 0 Å². The third kappa shape index (κ3) is 3.28. The van der Waals surface area contributed by atoms with E-state index in [0.29, 0.717) is 18.8 Å². The van der Waals surface area contributed by atoms with Gasteiger partial charge in [-0.05, 0) is 36.8 Å². The molecule has 5 nitrogen and oxygen atoms in total. The lowest BCUT2D eigenvalue weighted by atomic mass is 10.2. The van der Waals surface area contributed by atoms with E-state index in [9.17, 15) is 8.42 Å². The van der Waals surface area contributed by atoms with Crippen LogP contribution in [0.1, 0.15) is 18.4 Å². The SMILES string of the molecule is COc1cc(CN)ccc1S(=O)(=O)NCC1(SC)CC1. The minimum absolute atomic E-state index is 0.0809. The molecular formula is C13H20N2O3S2. The standard InChI is InChI=1S/C13H20N2O3S2/c1-18-11-7-10(8-14)3-4-12(11)20(16,17)15-9-13(19-2)5-6-13/h3-4,7,15H,5-6,8-9,14H2,1-2H3. The Hall–Kier alpha value is -0.760. The molecule has 0 atom stereocenters. The molecule has 0 spiro atoms. The lowest BCUT2D eigenvalue weighted by molar-refractivity contribution is 0.401. The minimum atomic E-state index is -3.56. The van der Waals surface area contributed by atoms with Crippen molar-refractivity contribution in [1.82, 2.24) is 4.72 Å². The van der Waals surface area contributed by atoms with Gasteiger partial charge < -0.3 is 10.5 Å². The Balaban J connectivity index is 2.20. The second-order valence-corrected chi connectivity index (χ2v) is 7.91. The summed E-state index contributed by atoms with van der Waals surface area (Å²) in [5.74, 6) is 0.328. The van der Waals surface area contributed by atoms with Gasteiger partial charge in [0.15, 0.2) is 0 Å². The van der Waals surface area contributed by atoms with Crippen molar-refractivity contribution in [2.75, 3.05) is 19.9 Å². The molecule has 2 rings (SSSR count). The normalized spacial score (nSPS) is 16.9. The Labute approximate surface area is 124 Å². The van der Waals surface area contributed by atoms with E-state index in [4.69, 9.17) is 10.5 Å². The fourth-order valence-electron chi connectivity index (χ4n) is 1.96. The van der Waals surface area contributed by atoms with Gasteiger partial charge in [0.1, 0.15) is 10.6 Å². The molecule has 1 aromatic carbocycles. The summed E-state index contributed by atoms with van der Waals surface area (Å²) in [5.41, 5.74) is 6.39. The van der Waals surface area contributed by atoms with Crippen molar-refractivity contribution < 1.29 is 13.2 Å². The van der Waals surface area contributed by atoms with Crippen molar-refractivity contribution in [3.8, 4) is 5.75 Å². The molecule has 0 heterocycles. The fraction of sp³-hybridized carbons (Fsp3) is 0.538. The Bertz CT molecular complexity index is 583. The first-order valence-corrected chi connectivity index (χ1v) is 9.09. The lowest BCUT2D eigenvalue weighted by Crippen LogP contribution is -2.32. The zero-order valence-electron chi connectivity index (χ0n) is 11.7. The van der Waals surface area contributed by atoms with Gasteiger partial charge in [0.2, 0.25) is 10.0 Å². The molecule has 0 aromatic heterocycles. The van der Waals surface area contributed by atoms with E-state index in [0.717, 1.165) is 18.4 Å². The van der Waals surface area contributed by atoms with Crippen LogP contribution in [0, 0.1) is 0 Å². The van der Waals surface area contributed by atoms with Crippen molar-refractivity contribution in [1.29, 1.82) is 0 Å². The first kappa shape index (κ1) is 15.6. The topological polar surface area (TPSA) is 81.4 Å². The highest BCUT2D eigenvalue weighted by Crippen LogP contribution is 2.46. The van der Waals surface area contributed by atoms with Gasteiger partial charge in [0, 0.05) is 17.8 Å². The quantitative estimate of drug-likeness (QED) is 0.793. The summed E-state index contributed by atoms with van der Waals surface area (Å²) in [6, 6.07) is 4.91. The summed E-state index contributed by atoms with van der Waals surface area (Å²) in [7, 11) is -2.10. The monoisotopic (exact) mass is 316 g/mol. The molecule has 1 fully saturated rings. The van der Waals surface area contributed by atoms with Crippen molar-refractivity contribution in [2.24, 2.45) is 5.73 Å². The van der Waals surface area contributed by atoms with Crippen molar-refractivity contribution in [3.63, 3.8) is 0 Å². The maximum Gasteiger partial charge on any atom is 0.244 e. The van der Waals surface area contributed by atoms with E-state index in [1.165, 1.54) is 7.11 Å². The van der Waals surface area contributed by atoms with Crippen LogP contribution >= 0.6 is 11.8 Å². The second kappa shape index (κ2) is 5.93. The summed E-state index contributed by atoms with van der Waals surface area (Å²) < 4.78 is 32.7. The Kier molecular flexibility index (Phi) is 4.63. The van der Waals surface area contributed by atoms with Crippen LogP contribution in [0.2, 0.25) is 0 Å². The smallest absolute Gasteiger partial charge is 0.244 e. The van der Waals surface area contributed by atoms with Crippen LogP contribution in [-0.4, -0.2) is 33.1 Å². The number of nitrogens with one attached hydrogen (secondary N) is 1. The molecule has 3 N–H and O–H groups in total. The average Bonchev–Trinajstić information content (AvgIpc) is 3.25. The molecule has 112 valence electrons. The largest absolute Gasteiger partial charge is 0.495 e. The molecular weight excluding hydrogens is 296 g/mol. The van der Waals surface area contributed by atoms with Crippen LogP contribution in [-0.2, 0) is 16.6 Å². The van der Waals surface area contributed by atoms with Gasteiger partial charge in [-0.2, -0.15) is 11.8 Å². The maximum absolute atomic E-state index is 12.4. The van der Waals surface area contributed by atoms with Crippen LogP contribution in [0.5, 0.6) is 5.75 Å². The van der Waals surface area contributed by atoms with Gasteiger partial charge >= 0.3 is 0 Å². The summed E-state index contributed by atoms with van der Waals surface area (Å²) >= 11 is 1.72. The predicted molar refractivity (Wildman–Crippen MR) is 81.6 cm³/mol. The number of sulfonamides is 1. The van der Waals surface area contributed by atoms with Gasteiger partial charge in [0.25, 0.3) is 0 Å². The van der Waals surface area contributed by atoms with E-state index in [1.54, 1.807) is 30.0 Å². The van der Waals surface area contributed by atoms with Gasteiger partial charge in [0.05, 0.1) is 7.11 Å². The van der Waals surface area contributed by atoms with Gasteiger partial charge in [-0.1, -0.05) is 6.07 Å². The average molecular weight is 316 g/mol. The molecule has 0 bridgehead atoms. The summed E-state index contributed by atoms with van der Waals surface area (Å²) in [6.07, 6.45) is 4.12. The number of thioether (sulfide) groups is 1. The number of nitrogens with two attached hydrogens (primary N) is 1. The predicted octanol–water partition coefficient (Wildman–Crippen LogP) is 1.33. The second-order valence-electron chi connectivity index (χ2n) is 4.90. The van der Waals surface area contributed by atoms with Crippen molar-refractivity contribution in [2.45, 2.75) is 29.0 Å². The summed E-state index contributed by atoms with van der Waals surface area (Å²) in [6.45, 7) is 0.804. The maximum atomic E-state index is 12.4. The minimum Gasteiger partial charge on any atom is -0.495 e. The van der Waals surface area contributed by atoms with E-state index < -0.39 is 10.0 Å². The van der Waals surface area contributed by atoms with Crippen LogP contribution in [0.25, 0.3) is 0 Å². The van der Waals surface area contributed by atoms with E-state index in [1.807, 2.05) is 6.26 Å². The van der Waals surface area contributed by atoms with E-state index in [2.05, 4.69) is 4.72 Å². The first-order valence-electron chi connectivity index (χ1n) is 6.38. The summed E-state index contributed by atoms with van der Waals surface area (Å²) in [4.78, 5) is 0.161. The van der Waals surface area contributed by atoms with Crippen LogP contribution in [0.15, 0.2) is 23.1 Å². The van der Waals surface area contributed by atoms with Crippen molar-refractivity contribution in [3.05, 3.63) is 23.8 Å². The highest BCUT2D eigenvalue weighted by atomic mass is 32.2. The summed E-state index contributed by atoms with van der Waals surface area (Å²) in [5, 5.41) is 0. The number of methoxy groups -OCH3 is 1. The molecule has 1 aromatic rings. The molecule has 0 radical (unpaired) electrons. The van der Waals surface area contributed by atoms with Gasteiger partial charge in [-0.15, -0.1) is 0 Å². The zero-order chi connectivity index (χ0) is 14.8. The molecule has 1 aliphatic rings. The van der Waals surface area contributed by atoms with E-state index >= 15 is 0 Å². The van der Waals surface area contributed by atoms with Crippen LogP contribution < -0.4 is 15.2 Å². The number of benzene rings is 1.